The van der Waals surface area contributed by atoms with Gasteiger partial charge in [-0.05, 0) is 23.9 Å². The monoisotopic (exact) mass is 440 g/mol. The molecule has 1 N–H and O–H groups in total. The molecule has 1 saturated heterocycles. The van der Waals surface area contributed by atoms with E-state index in [2.05, 4.69) is 33.7 Å². The quantitative estimate of drug-likeness (QED) is 0.583. The lowest BCUT2D eigenvalue weighted by molar-refractivity contribution is 0.0169. The second kappa shape index (κ2) is 10.2. The summed E-state index contributed by atoms with van der Waals surface area (Å²) in [4.78, 5) is 29.6. The van der Waals surface area contributed by atoms with E-state index in [1.165, 1.54) is 9.56 Å². The Morgan fingerprint density at radius 2 is 1.97 bits per heavy atom. The fourth-order valence-corrected chi connectivity index (χ4v) is 4.78. The number of aryl methyl sites for hydroxylation is 1. The maximum absolute atomic E-state index is 13.2. The molecule has 1 amide bonds. The van der Waals surface area contributed by atoms with Gasteiger partial charge in [-0.2, -0.15) is 5.10 Å². The topological polar surface area (TPSA) is 76.5 Å². The van der Waals surface area contributed by atoms with Crippen molar-refractivity contribution in [2.75, 3.05) is 32.8 Å². The zero-order valence-electron chi connectivity index (χ0n) is 17.8. The molecule has 7 nitrogen and oxygen atoms in total. The molecule has 0 spiro atoms. The van der Waals surface area contributed by atoms with Crippen molar-refractivity contribution >= 4 is 28.0 Å². The number of nitrogens with zero attached hydrogens (tertiary/aromatic N) is 3. The molecule has 8 heteroatoms. The van der Waals surface area contributed by atoms with Crippen LogP contribution in [0.1, 0.15) is 41.2 Å². The summed E-state index contributed by atoms with van der Waals surface area (Å²) in [6, 6.07) is 11.4. The third kappa shape index (κ3) is 4.87. The molecule has 1 fully saturated rings. The molecule has 1 atom stereocenters. The van der Waals surface area contributed by atoms with Crippen LogP contribution in [0.25, 0.3) is 10.8 Å². The number of aromatic nitrogens is 2. The first-order chi connectivity index (χ1) is 15.2. The first-order valence-corrected chi connectivity index (χ1v) is 11.7. The smallest absolute Gasteiger partial charge is 0.274 e. The average Bonchev–Trinajstić information content (AvgIpc) is 3.34. The van der Waals surface area contributed by atoms with Crippen molar-refractivity contribution < 1.29 is 9.53 Å². The number of thiophene rings is 1. The van der Waals surface area contributed by atoms with Crippen LogP contribution in [0.4, 0.5) is 0 Å². The Hall–Kier alpha value is -2.55. The number of ether oxygens (including phenoxy) is 1. The summed E-state index contributed by atoms with van der Waals surface area (Å²) in [5.74, 6) is -0.253. The van der Waals surface area contributed by atoms with Crippen LogP contribution in [0, 0.1) is 0 Å². The van der Waals surface area contributed by atoms with Gasteiger partial charge in [0, 0.05) is 36.4 Å². The van der Waals surface area contributed by atoms with Gasteiger partial charge in [0.2, 0.25) is 0 Å². The number of benzene rings is 1. The van der Waals surface area contributed by atoms with E-state index in [0.29, 0.717) is 42.8 Å². The van der Waals surface area contributed by atoms with Crippen LogP contribution >= 0.6 is 11.3 Å². The molecule has 31 heavy (non-hydrogen) atoms. The number of unbranched alkanes of at least 4 members (excludes halogenated alkanes) is 1. The van der Waals surface area contributed by atoms with Gasteiger partial charge < -0.3 is 10.1 Å². The van der Waals surface area contributed by atoms with E-state index in [0.717, 1.165) is 25.9 Å². The summed E-state index contributed by atoms with van der Waals surface area (Å²) < 4.78 is 6.93. The fourth-order valence-electron chi connectivity index (χ4n) is 3.92. The molecule has 0 bridgehead atoms. The molecule has 164 valence electrons. The van der Waals surface area contributed by atoms with Crippen LogP contribution in [0.3, 0.4) is 0 Å². The predicted octanol–water partition coefficient (Wildman–Crippen LogP) is 3.06. The van der Waals surface area contributed by atoms with E-state index in [-0.39, 0.29) is 17.5 Å². The van der Waals surface area contributed by atoms with Crippen molar-refractivity contribution in [2.24, 2.45) is 0 Å². The minimum atomic E-state index is -0.253. The van der Waals surface area contributed by atoms with Crippen LogP contribution in [-0.2, 0) is 11.3 Å². The number of nitrogens with one attached hydrogen (secondary N) is 1. The van der Waals surface area contributed by atoms with Gasteiger partial charge in [-0.1, -0.05) is 37.6 Å². The van der Waals surface area contributed by atoms with Crippen molar-refractivity contribution in [3.8, 4) is 0 Å². The molecule has 0 saturated carbocycles. The lowest BCUT2D eigenvalue weighted by Gasteiger charge is -2.34. The van der Waals surface area contributed by atoms with Gasteiger partial charge in [0.05, 0.1) is 24.6 Å². The highest BCUT2D eigenvalue weighted by atomic mass is 32.1. The zero-order valence-corrected chi connectivity index (χ0v) is 18.6. The Morgan fingerprint density at radius 1 is 1.19 bits per heavy atom. The zero-order chi connectivity index (χ0) is 21.6. The Morgan fingerprint density at radius 3 is 2.68 bits per heavy atom. The molecule has 2 aromatic heterocycles. The number of carbonyl (C=O) groups excluding carboxylic acids is 1. The second-order valence-electron chi connectivity index (χ2n) is 7.67. The number of fused-ring (bicyclic) bond motifs is 1. The largest absolute Gasteiger partial charge is 0.379 e. The van der Waals surface area contributed by atoms with Crippen molar-refractivity contribution in [2.45, 2.75) is 32.4 Å². The molecular weight excluding hydrogens is 412 g/mol. The SMILES string of the molecule is CCCCn1nc(C(=O)NC[C@H](c2cccs2)N2CCOCC2)c2ccccc2c1=O. The molecule has 3 aromatic rings. The van der Waals surface area contributed by atoms with Crippen molar-refractivity contribution in [1.29, 1.82) is 0 Å². The van der Waals surface area contributed by atoms with Gasteiger partial charge in [0.15, 0.2) is 5.69 Å². The number of hydrogen-bond acceptors (Lipinski definition) is 6. The van der Waals surface area contributed by atoms with E-state index < -0.39 is 0 Å². The maximum atomic E-state index is 13.2. The Bertz CT molecular complexity index is 1070. The highest BCUT2D eigenvalue weighted by molar-refractivity contribution is 7.10. The normalized spacial score (nSPS) is 15.8. The van der Waals surface area contributed by atoms with E-state index in [1.54, 1.807) is 23.5 Å². The first-order valence-electron chi connectivity index (χ1n) is 10.8. The van der Waals surface area contributed by atoms with Gasteiger partial charge in [-0.3, -0.25) is 14.5 Å². The standard InChI is InChI=1S/C23H28N4O3S/c1-2-3-10-27-23(29)18-8-5-4-7-17(18)21(25-27)22(28)24-16-19(20-9-6-15-31-20)26-11-13-30-14-12-26/h4-9,15,19H,2-3,10-14,16H2,1H3,(H,24,28)/t19-/m1/s1. The minimum absolute atomic E-state index is 0.0881. The van der Waals surface area contributed by atoms with Crippen LogP contribution in [0.2, 0.25) is 0 Å². The second-order valence-corrected chi connectivity index (χ2v) is 8.64. The van der Waals surface area contributed by atoms with Gasteiger partial charge >= 0.3 is 0 Å². The summed E-state index contributed by atoms with van der Waals surface area (Å²) in [7, 11) is 0. The summed E-state index contributed by atoms with van der Waals surface area (Å²) >= 11 is 1.69. The van der Waals surface area contributed by atoms with Gasteiger partial charge in [-0.25, -0.2) is 4.68 Å². The number of morpholine rings is 1. The van der Waals surface area contributed by atoms with E-state index >= 15 is 0 Å². The van der Waals surface area contributed by atoms with Gasteiger partial charge in [0.1, 0.15) is 0 Å². The van der Waals surface area contributed by atoms with Gasteiger partial charge in [0.25, 0.3) is 11.5 Å². The highest BCUT2D eigenvalue weighted by Gasteiger charge is 2.25. The summed E-state index contributed by atoms with van der Waals surface area (Å²) in [6.07, 6.45) is 1.79. The molecule has 0 aliphatic carbocycles. The van der Waals surface area contributed by atoms with Crippen LogP contribution in [0.5, 0.6) is 0 Å². The van der Waals surface area contributed by atoms with Crippen LogP contribution < -0.4 is 10.9 Å². The molecule has 3 heterocycles. The van der Waals surface area contributed by atoms with E-state index in [4.69, 9.17) is 4.74 Å². The summed E-state index contributed by atoms with van der Waals surface area (Å²) in [5, 5.41) is 10.7. The number of hydrogen-bond donors (Lipinski definition) is 1. The molecule has 0 unspecified atom stereocenters. The molecule has 0 radical (unpaired) electrons. The maximum Gasteiger partial charge on any atom is 0.274 e. The highest BCUT2D eigenvalue weighted by Crippen LogP contribution is 2.25. The molecule has 1 aliphatic heterocycles. The van der Waals surface area contributed by atoms with Crippen molar-refractivity contribution in [1.82, 2.24) is 20.0 Å². The third-order valence-corrected chi connectivity index (χ3v) is 6.59. The molecule has 1 aromatic carbocycles. The number of rotatable bonds is 8. The third-order valence-electron chi connectivity index (χ3n) is 5.62. The number of amides is 1. The Kier molecular flexibility index (Phi) is 7.11. The Labute approximate surface area is 185 Å². The average molecular weight is 441 g/mol. The lowest BCUT2D eigenvalue weighted by Crippen LogP contribution is -2.43. The molecular formula is C23H28N4O3S. The minimum Gasteiger partial charge on any atom is -0.379 e. The Balaban J connectivity index is 1.60. The van der Waals surface area contributed by atoms with Crippen molar-refractivity contribution in [3.05, 3.63) is 62.7 Å². The summed E-state index contributed by atoms with van der Waals surface area (Å²) in [5.41, 5.74) is 0.156. The van der Waals surface area contributed by atoms with Gasteiger partial charge in [-0.15, -0.1) is 11.3 Å². The van der Waals surface area contributed by atoms with Crippen LogP contribution in [-0.4, -0.2) is 53.4 Å². The summed E-state index contributed by atoms with van der Waals surface area (Å²) in [6.45, 7) is 6.11. The first kappa shape index (κ1) is 21.7. The molecule has 1 aliphatic rings. The predicted molar refractivity (Wildman–Crippen MR) is 123 cm³/mol. The fraction of sp³-hybridized carbons (Fsp3) is 0.435. The molecule has 4 rings (SSSR count). The van der Waals surface area contributed by atoms with Crippen LogP contribution in [0.15, 0.2) is 46.6 Å². The van der Waals surface area contributed by atoms with E-state index in [9.17, 15) is 9.59 Å². The van der Waals surface area contributed by atoms with Crippen molar-refractivity contribution in [3.63, 3.8) is 0 Å². The number of carbonyl (C=O) groups is 1. The van der Waals surface area contributed by atoms with E-state index in [1.807, 2.05) is 18.2 Å². The lowest BCUT2D eigenvalue weighted by atomic mass is 10.1.